The van der Waals surface area contributed by atoms with Crippen molar-refractivity contribution in [2.75, 3.05) is 18.5 Å². The third kappa shape index (κ3) is 4.63. The van der Waals surface area contributed by atoms with E-state index in [-0.39, 0.29) is 5.38 Å². The standard InChI is InChI=1S/C17H17Cl2N2OS/c18-13-3-6-15(16(19)11-13)12-1-4-14(5-2-12)22-9-7-20-17-21-8-10-23-17/h1-2,4-5,8,10-11,13H,3,6-7,9H2,(H,20,21). The molecule has 2 aromatic rings. The van der Waals surface area contributed by atoms with Crippen LogP contribution in [0.15, 0.2) is 47.0 Å². The minimum absolute atomic E-state index is 0.0409. The Labute approximate surface area is 150 Å². The molecule has 0 saturated carbocycles. The summed E-state index contributed by atoms with van der Waals surface area (Å²) in [6, 6.07) is 8.04. The number of aromatic nitrogens is 1. The predicted octanol–water partition coefficient (Wildman–Crippen LogP) is 5.08. The third-order valence-electron chi connectivity index (χ3n) is 3.57. The van der Waals surface area contributed by atoms with Gasteiger partial charge in [0.05, 0.1) is 11.9 Å². The van der Waals surface area contributed by atoms with E-state index < -0.39 is 0 Å². The first-order valence-corrected chi connectivity index (χ1v) is 9.16. The van der Waals surface area contributed by atoms with Gasteiger partial charge in [-0.05, 0) is 30.5 Å². The molecule has 1 aliphatic rings. The quantitative estimate of drug-likeness (QED) is 0.570. The average Bonchev–Trinajstić information content (AvgIpc) is 3.06. The zero-order valence-corrected chi connectivity index (χ0v) is 14.8. The number of thiazole rings is 1. The van der Waals surface area contributed by atoms with Crippen molar-refractivity contribution in [1.29, 1.82) is 0 Å². The second-order valence-corrected chi connectivity index (χ2v) is 7.05. The monoisotopic (exact) mass is 367 g/mol. The largest absolute Gasteiger partial charge is 0.492 e. The number of allylic oxidation sites excluding steroid dienone is 2. The summed E-state index contributed by atoms with van der Waals surface area (Å²) < 4.78 is 5.73. The number of hydrogen-bond acceptors (Lipinski definition) is 4. The molecule has 1 aromatic carbocycles. The second kappa shape index (κ2) is 8.04. The predicted molar refractivity (Wildman–Crippen MR) is 97.7 cm³/mol. The van der Waals surface area contributed by atoms with E-state index in [9.17, 15) is 0 Å². The van der Waals surface area contributed by atoms with Crippen molar-refractivity contribution in [2.24, 2.45) is 0 Å². The number of ether oxygens (including phenoxy) is 1. The third-order valence-corrected chi connectivity index (χ3v) is 5.00. The van der Waals surface area contributed by atoms with Crippen LogP contribution in [0, 0.1) is 5.92 Å². The molecule has 1 atom stereocenters. The Kier molecular flexibility index (Phi) is 5.81. The molecule has 0 amide bonds. The van der Waals surface area contributed by atoms with E-state index in [2.05, 4.69) is 10.3 Å². The lowest BCUT2D eigenvalue weighted by Crippen LogP contribution is -2.12. The molecule has 1 heterocycles. The molecule has 1 aromatic heterocycles. The Morgan fingerprint density at radius 2 is 2.13 bits per heavy atom. The minimum atomic E-state index is 0.0409. The van der Waals surface area contributed by atoms with Crippen molar-refractivity contribution in [2.45, 2.75) is 18.2 Å². The Bertz CT molecular complexity index is 643. The van der Waals surface area contributed by atoms with E-state index >= 15 is 0 Å². The molecule has 0 bridgehead atoms. The van der Waals surface area contributed by atoms with Crippen LogP contribution in [0.3, 0.4) is 0 Å². The number of nitrogens with one attached hydrogen (secondary N) is 1. The summed E-state index contributed by atoms with van der Waals surface area (Å²) in [6.07, 6.45) is 5.52. The van der Waals surface area contributed by atoms with E-state index in [1.54, 1.807) is 17.5 Å². The van der Waals surface area contributed by atoms with Gasteiger partial charge in [-0.2, -0.15) is 0 Å². The second-order valence-electron chi connectivity index (χ2n) is 5.18. The van der Waals surface area contributed by atoms with Gasteiger partial charge >= 0.3 is 0 Å². The Morgan fingerprint density at radius 3 is 2.83 bits per heavy atom. The van der Waals surface area contributed by atoms with Crippen LogP contribution in [-0.2, 0) is 0 Å². The summed E-state index contributed by atoms with van der Waals surface area (Å²) in [6.45, 7) is 1.31. The van der Waals surface area contributed by atoms with Gasteiger partial charge in [-0.15, -0.1) is 22.9 Å². The lowest BCUT2D eigenvalue weighted by atomic mass is 9.89. The lowest BCUT2D eigenvalue weighted by Gasteiger charge is -2.22. The number of hydrogen-bond donors (Lipinski definition) is 1. The molecule has 0 fully saturated rings. The van der Waals surface area contributed by atoms with Gasteiger partial charge in [-0.25, -0.2) is 4.98 Å². The Hall–Kier alpha value is -1.23. The molecule has 0 aliphatic heterocycles. The average molecular weight is 368 g/mol. The summed E-state index contributed by atoms with van der Waals surface area (Å²) in [7, 11) is 0. The van der Waals surface area contributed by atoms with Gasteiger partial charge in [0, 0.05) is 22.5 Å². The molecule has 0 spiro atoms. The van der Waals surface area contributed by atoms with Gasteiger partial charge < -0.3 is 10.1 Å². The normalized spacial score (nSPS) is 18.5. The summed E-state index contributed by atoms with van der Waals surface area (Å²) in [4.78, 5) is 4.16. The van der Waals surface area contributed by atoms with Crippen LogP contribution in [0.4, 0.5) is 5.13 Å². The molecule has 1 N–H and O–H groups in total. The summed E-state index contributed by atoms with van der Waals surface area (Å²) >= 11 is 14.0. The molecule has 6 heteroatoms. The molecule has 1 radical (unpaired) electrons. The van der Waals surface area contributed by atoms with Crippen molar-refractivity contribution >= 4 is 39.7 Å². The van der Waals surface area contributed by atoms with Crippen molar-refractivity contribution in [3.05, 3.63) is 58.4 Å². The van der Waals surface area contributed by atoms with Gasteiger partial charge in [0.1, 0.15) is 12.4 Å². The SMILES string of the molecule is ClC1=CC(Cl)CC[C]1c1ccc(OCCNc2nccs2)cc1. The first-order valence-electron chi connectivity index (χ1n) is 7.46. The molecule has 1 aliphatic carbocycles. The number of anilines is 1. The number of benzene rings is 1. The highest BCUT2D eigenvalue weighted by molar-refractivity contribution is 7.13. The Balaban J connectivity index is 1.50. The highest BCUT2D eigenvalue weighted by atomic mass is 35.5. The van der Waals surface area contributed by atoms with Gasteiger partial charge in [0.25, 0.3) is 0 Å². The topological polar surface area (TPSA) is 34.1 Å². The number of rotatable bonds is 6. The number of halogens is 2. The smallest absolute Gasteiger partial charge is 0.182 e. The van der Waals surface area contributed by atoms with Crippen LogP contribution >= 0.6 is 34.5 Å². The zero-order chi connectivity index (χ0) is 16.1. The zero-order valence-electron chi connectivity index (χ0n) is 12.5. The van der Waals surface area contributed by atoms with E-state index in [1.807, 2.05) is 35.7 Å². The van der Waals surface area contributed by atoms with Crippen LogP contribution in [0.25, 0.3) is 0 Å². The van der Waals surface area contributed by atoms with Gasteiger partial charge in [-0.3, -0.25) is 0 Å². The number of alkyl halides is 1. The summed E-state index contributed by atoms with van der Waals surface area (Å²) in [5, 5.41) is 6.87. The van der Waals surface area contributed by atoms with E-state index in [0.717, 1.165) is 46.8 Å². The minimum Gasteiger partial charge on any atom is -0.492 e. The van der Waals surface area contributed by atoms with Crippen molar-refractivity contribution < 1.29 is 4.74 Å². The highest BCUT2D eigenvalue weighted by Crippen LogP contribution is 2.37. The lowest BCUT2D eigenvalue weighted by molar-refractivity contribution is 0.333. The van der Waals surface area contributed by atoms with Crippen LogP contribution < -0.4 is 10.1 Å². The molecule has 1 unspecified atom stereocenters. The molecule has 3 rings (SSSR count). The van der Waals surface area contributed by atoms with Crippen LogP contribution in [0.2, 0.25) is 0 Å². The highest BCUT2D eigenvalue weighted by Gasteiger charge is 2.22. The van der Waals surface area contributed by atoms with Gasteiger partial charge in [0.15, 0.2) is 5.13 Å². The van der Waals surface area contributed by atoms with Crippen LogP contribution in [0.5, 0.6) is 5.75 Å². The molecule has 121 valence electrons. The van der Waals surface area contributed by atoms with Gasteiger partial charge in [-0.1, -0.05) is 29.8 Å². The molecular weight excluding hydrogens is 351 g/mol. The Morgan fingerprint density at radius 1 is 1.30 bits per heavy atom. The molecule has 23 heavy (non-hydrogen) atoms. The van der Waals surface area contributed by atoms with E-state index in [1.165, 1.54) is 0 Å². The molecule has 3 nitrogen and oxygen atoms in total. The molecule has 0 saturated heterocycles. The molecular formula is C17H17Cl2N2OS. The maximum absolute atomic E-state index is 6.30. The first-order chi connectivity index (χ1) is 11.2. The van der Waals surface area contributed by atoms with E-state index in [4.69, 9.17) is 27.9 Å². The van der Waals surface area contributed by atoms with Crippen LogP contribution in [-0.4, -0.2) is 23.5 Å². The fourth-order valence-electron chi connectivity index (χ4n) is 2.42. The van der Waals surface area contributed by atoms with Gasteiger partial charge in [0.2, 0.25) is 0 Å². The first kappa shape index (κ1) is 16.6. The van der Waals surface area contributed by atoms with Crippen LogP contribution in [0.1, 0.15) is 18.4 Å². The number of nitrogens with zero attached hydrogens (tertiary/aromatic N) is 1. The van der Waals surface area contributed by atoms with Crippen molar-refractivity contribution in [3.63, 3.8) is 0 Å². The fourth-order valence-corrected chi connectivity index (χ4v) is 3.63. The van der Waals surface area contributed by atoms with Crippen molar-refractivity contribution in [3.8, 4) is 5.75 Å². The fraction of sp³-hybridized carbons (Fsp3) is 0.294. The van der Waals surface area contributed by atoms with Crippen molar-refractivity contribution in [1.82, 2.24) is 4.98 Å². The maximum Gasteiger partial charge on any atom is 0.182 e. The summed E-state index contributed by atoms with van der Waals surface area (Å²) in [5.41, 5.74) is 1.13. The summed E-state index contributed by atoms with van der Waals surface area (Å²) in [5.74, 6) is 2.00. The maximum atomic E-state index is 6.30. The van der Waals surface area contributed by atoms with E-state index in [0.29, 0.717) is 6.61 Å².